The van der Waals surface area contributed by atoms with Gasteiger partial charge in [-0.05, 0) is 0 Å². The molecule has 33 heavy (non-hydrogen) atoms. The van der Waals surface area contributed by atoms with Crippen molar-refractivity contribution in [3.63, 3.8) is 0 Å². The van der Waals surface area contributed by atoms with Gasteiger partial charge in [-0.2, -0.15) is 0 Å². The molecule has 0 saturated carbocycles. The number of carbonyl (C=O) groups excluding carboxylic acids is 1. The lowest BCUT2D eigenvalue weighted by Gasteiger charge is -2.45. The molecule has 16 nitrogen and oxygen atoms in total. The van der Waals surface area contributed by atoms with Crippen molar-refractivity contribution in [3.05, 3.63) is 0 Å². The molecule has 2 aliphatic heterocycles. The standard InChI is InChI=1S/C17H29NO15/c19-2-7-11(25)12(26)13(27)15(32-7)31-4-6(22)10(24)14-9(18-8(23)3-20)5(21)1-17(30,33-14)16(28)29/h5-7,9-15,19-22,24-27,30H,1-4H2,(H,18,23)(H,28,29). The molecule has 11 atom stereocenters. The van der Waals surface area contributed by atoms with Gasteiger partial charge in [0, 0.05) is 6.42 Å². The minimum absolute atomic E-state index is 0.746. The molecule has 2 heterocycles. The van der Waals surface area contributed by atoms with Gasteiger partial charge in [0.15, 0.2) is 6.29 Å². The van der Waals surface area contributed by atoms with Crippen molar-refractivity contribution in [2.75, 3.05) is 19.8 Å². The molecule has 11 unspecified atom stereocenters. The summed E-state index contributed by atoms with van der Waals surface area (Å²) in [6.45, 7) is -2.63. The lowest BCUT2D eigenvalue weighted by Crippen LogP contribution is -2.67. The zero-order valence-corrected chi connectivity index (χ0v) is 17.1. The number of aliphatic hydroxyl groups is 9. The first-order chi connectivity index (χ1) is 15.4. The Balaban J connectivity index is 2.12. The molecule has 2 rings (SSSR count). The van der Waals surface area contributed by atoms with Crippen LogP contribution in [-0.2, 0) is 23.8 Å². The molecule has 16 heteroatoms. The average Bonchev–Trinajstić information content (AvgIpc) is 2.77. The van der Waals surface area contributed by atoms with Crippen LogP contribution in [0.15, 0.2) is 0 Å². The predicted molar refractivity (Wildman–Crippen MR) is 98.8 cm³/mol. The fourth-order valence-electron chi connectivity index (χ4n) is 3.52. The summed E-state index contributed by atoms with van der Waals surface area (Å²) in [4.78, 5) is 22.9. The van der Waals surface area contributed by atoms with E-state index in [9.17, 15) is 55.5 Å². The topological polar surface area (TPSA) is 276 Å². The van der Waals surface area contributed by atoms with E-state index in [2.05, 4.69) is 5.32 Å². The van der Waals surface area contributed by atoms with Crippen molar-refractivity contribution >= 4 is 11.9 Å². The minimum atomic E-state index is -2.98. The summed E-state index contributed by atoms with van der Waals surface area (Å²) in [5, 5.41) is 99.9. The van der Waals surface area contributed by atoms with Crippen molar-refractivity contribution in [1.82, 2.24) is 5.32 Å². The summed E-state index contributed by atoms with van der Waals surface area (Å²) >= 11 is 0. The monoisotopic (exact) mass is 487 g/mol. The molecule has 0 aliphatic carbocycles. The van der Waals surface area contributed by atoms with E-state index in [1.54, 1.807) is 0 Å². The maximum Gasteiger partial charge on any atom is 0.364 e. The van der Waals surface area contributed by atoms with Gasteiger partial charge in [0.2, 0.25) is 5.91 Å². The van der Waals surface area contributed by atoms with Gasteiger partial charge >= 0.3 is 5.97 Å². The first-order valence-electron chi connectivity index (χ1n) is 9.86. The lowest BCUT2D eigenvalue weighted by atomic mass is 9.88. The molecule has 0 bridgehead atoms. The fourth-order valence-corrected chi connectivity index (χ4v) is 3.52. The lowest BCUT2D eigenvalue weighted by molar-refractivity contribution is -0.313. The molecule has 2 saturated heterocycles. The Bertz CT molecular complexity index is 679. The number of rotatable bonds is 9. The number of aliphatic carboxylic acids is 1. The zero-order chi connectivity index (χ0) is 25.1. The smallest absolute Gasteiger partial charge is 0.364 e. The second kappa shape index (κ2) is 11.3. The number of hydrogen-bond donors (Lipinski definition) is 11. The summed E-state index contributed by atoms with van der Waals surface area (Å²) in [6, 6.07) is -1.57. The third kappa shape index (κ3) is 6.13. The molecule has 192 valence electrons. The Morgan fingerprint density at radius 1 is 1.09 bits per heavy atom. The minimum Gasteiger partial charge on any atom is -0.477 e. The Labute approximate surface area is 186 Å². The van der Waals surface area contributed by atoms with Crippen LogP contribution in [0.3, 0.4) is 0 Å². The van der Waals surface area contributed by atoms with Crippen molar-refractivity contribution in [1.29, 1.82) is 0 Å². The fraction of sp³-hybridized carbons (Fsp3) is 0.882. The van der Waals surface area contributed by atoms with E-state index >= 15 is 0 Å². The van der Waals surface area contributed by atoms with Crippen LogP contribution in [0.2, 0.25) is 0 Å². The number of carboxylic acids is 1. The van der Waals surface area contributed by atoms with Gasteiger partial charge in [-0.3, -0.25) is 4.79 Å². The van der Waals surface area contributed by atoms with Crippen molar-refractivity contribution in [2.45, 2.75) is 73.4 Å². The van der Waals surface area contributed by atoms with E-state index in [1.807, 2.05) is 0 Å². The van der Waals surface area contributed by atoms with E-state index in [0.29, 0.717) is 0 Å². The zero-order valence-electron chi connectivity index (χ0n) is 17.1. The number of hydrogen-bond acceptors (Lipinski definition) is 14. The summed E-state index contributed by atoms with van der Waals surface area (Å²) in [6.07, 6.45) is -16.9. The first-order valence-corrected chi connectivity index (χ1v) is 9.86. The van der Waals surface area contributed by atoms with Crippen LogP contribution in [0, 0.1) is 0 Å². The van der Waals surface area contributed by atoms with E-state index in [4.69, 9.17) is 19.3 Å². The van der Waals surface area contributed by atoms with E-state index in [-0.39, 0.29) is 0 Å². The van der Waals surface area contributed by atoms with E-state index in [1.165, 1.54) is 0 Å². The van der Waals surface area contributed by atoms with Crippen LogP contribution in [0.4, 0.5) is 0 Å². The molecule has 2 fully saturated rings. The molecule has 0 aromatic carbocycles. The van der Waals surface area contributed by atoms with Gasteiger partial charge in [0.05, 0.1) is 25.4 Å². The van der Waals surface area contributed by atoms with Crippen molar-refractivity contribution in [3.8, 4) is 0 Å². The summed E-state index contributed by atoms with van der Waals surface area (Å²) in [5.41, 5.74) is 0. The quantitative estimate of drug-likeness (QED) is 0.144. The first kappa shape index (κ1) is 27.7. The highest BCUT2D eigenvalue weighted by molar-refractivity contribution is 5.78. The van der Waals surface area contributed by atoms with Crippen LogP contribution in [0.25, 0.3) is 0 Å². The van der Waals surface area contributed by atoms with Crippen LogP contribution >= 0.6 is 0 Å². The van der Waals surface area contributed by atoms with Gasteiger partial charge in [0.25, 0.3) is 5.79 Å². The molecule has 2 aliphatic rings. The van der Waals surface area contributed by atoms with Gasteiger partial charge in [-0.25, -0.2) is 4.79 Å². The van der Waals surface area contributed by atoms with Crippen LogP contribution < -0.4 is 5.32 Å². The number of carbonyl (C=O) groups is 2. The van der Waals surface area contributed by atoms with E-state index in [0.717, 1.165) is 0 Å². The Kier molecular flexibility index (Phi) is 9.45. The number of ether oxygens (including phenoxy) is 3. The van der Waals surface area contributed by atoms with Crippen molar-refractivity contribution in [2.24, 2.45) is 0 Å². The van der Waals surface area contributed by atoms with Gasteiger partial charge in [-0.1, -0.05) is 0 Å². The number of amides is 1. The average molecular weight is 487 g/mol. The summed E-state index contributed by atoms with van der Waals surface area (Å²) in [5.74, 6) is -5.94. The maximum atomic E-state index is 11.6. The third-order valence-electron chi connectivity index (χ3n) is 5.40. The van der Waals surface area contributed by atoms with Crippen LogP contribution in [-0.4, -0.2) is 150 Å². The Morgan fingerprint density at radius 3 is 2.27 bits per heavy atom. The maximum absolute atomic E-state index is 11.6. The molecule has 0 aromatic heterocycles. The predicted octanol–water partition coefficient (Wildman–Crippen LogP) is -7.08. The SMILES string of the molecule is O=C(CO)NC1C(O)CC(O)(C(=O)O)OC1C(O)C(O)COC1OC(CO)C(O)C(O)C1O. The molecular weight excluding hydrogens is 458 g/mol. The molecule has 0 radical (unpaired) electrons. The highest BCUT2D eigenvalue weighted by Crippen LogP contribution is 2.31. The van der Waals surface area contributed by atoms with Crippen molar-refractivity contribution < 1.29 is 74.9 Å². The van der Waals surface area contributed by atoms with Gasteiger partial charge in [0.1, 0.15) is 49.3 Å². The normalized spacial score (nSPS) is 41.2. The number of carboxylic acid groups (broad SMARTS) is 1. The molecular formula is C17H29NO15. The highest BCUT2D eigenvalue weighted by atomic mass is 16.7. The number of nitrogens with one attached hydrogen (secondary N) is 1. The second-order valence-corrected chi connectivity index (χ2v) is 7.78. The van der Waals surface area contributed by atoms with Gasteiger partial charge in [-0.15, -0.1) is 0 Å². The molecule has 0 aromatic rings. The van der Waals surface area contributed by atoms with Gasteiger partial charge < -0.3 is 70.6 Å². The summed E-state index contributed by atoms with van der Waals surface area (Å²) < 4.78 is 15.1. The molecule has 11 N–H and O–H groups in total. The Hall–Kier alpha value is -1.54. The summed E-state index contributed by atoms with van der Waals surface area (Å²) in [7, 11) is 0. The van der Waals surface area contributed by atoms with Crippen LogP contribution in [0.1, 0.15) is 6.42 Å². The molecule has 1 amide bonds. The third-order valence-corrected chi connectivity index (χ3v) is 5.40. The number of aliphatic hydroxyl groups excluding tert-OH is 8. The molecule has 0 spiro atoms. The van der Waals surface area contributed by atoms with E-state index < -0.39 is 105 Å². The highest BCUT2D eigenvalue weighted by Gasteiger charge is 2.54. The second-order valence-electron chi connectivity index (χ2n) is 7.78. The Morgan fingerprint density at radius 2 is 1.73 bits per heavy atom. The van der Waals surface area contributed by atoms with Crippen LogP contribution in [0.5, 0.6) is 0 Å². The largest absolute Gasteiger partial charge is 0.477 e.